The number of aromatic nitrogens is 2. The number of nitrogens with one attached hydrogen (secondary N) is 1. The molecule has 0 saturated carbocycles. The van der Waals surface area contributed by atoms with Crippen LogP contribution in [0.4, 0.5) is 16.0 Å². The number of nitrogens with zero attached hydrogens (tertiary/aromatic N) is 3. The summed E-state index contributed by atoms with van der Waals surface area (Å²) < 4.78 is 13.6. The Hall–Kier alpha value is -3.45. The molecule has 1 amide bonds. The lowest BCUT2D eigenvalue weighted by molar-refractivity contribution is -0.113. The Labute approximate surface area is 196 Å². The van der Waals surface area contributed by atoms with Gasteiger partial charge >= 0.3 is 0 Å². The molecule has 0 spiro atoms. The van der Waals surface area contributed by atoms with E-state index in [0.29, 0.717) is 11.6 Å². The fourth-order valence-corrected chi connectivity index (χ4v) is 4.82. The summed E-state index contributed by atoms with van der Waals surface area (Å²) in [4.78, 5) is 24.4. The van der Waals surface area contributed by atoms with Crippen LogP contribution < -0.4 is 10.2 Å². The van der Waals surface area contributed by atoms with Gasteiger partial charge in [-0.2, -0.15) is 0 Å². The van der Waals surface area contributed by atoms with Crippen molar-refractivity contribution < 1.29 is 9.18 Å². The van der Waals surface area contributed by atoms with Crippen molar-refractivity contribution in [2.24, 2.45) is 0 Å². The van der Waals surface area contributed by atoms with E-state index in [9.17, 15) is 9.18 Å². The van der Waals surface area contributed by atoms with E-state index in [2.05, 4.69) is 34.5 Å². The van der Waals surface area contributed by atoms with Gasteiger partial charge in [0.15, 0.2) is 0 Å². The number of hydrogen-bond acceptors (Lipinski definition) is 5. The number of carbonyl (C=O) groups excluding carboxylic acids is 1. The minimum absolute atomic E-state index is 0.166. The monoisotopic (exact) mass is 458 g/mol. The van der Waals surface area contributed by atoms with Gasteiger partial charge in [-0.05, 0) is 48.2 Å². The van der Waals surface area contributed by atoms with Gasteiger partial charge in [0.1, 0.15) is 10.8 Å². The second-order valence-electron chi connectivity index (χ2n) is 8.08. The Morgan fingerprint density at radius 3 is 2.73 bits per heavy atom. The van der Waals surface area contributed by atoms with Crippen molar-refractivity contribution in [2.45, 2.75) is 24.9 Å². The highest BCUT2D eigenvalue weighted by Gasteiger charge is 2.20. The lowest BCUT2D eigenvalue weighted by Gasteiger charge is -2.29. The first kappa shape index (κ1) is 21.4. The first-order chi connectivity index (χ1) is 16.1. The maximum atomic E-state index is 13.6. The third-order valence-corrected chi connectivity index (χ3v) is 6.77. The van der Waals surface area contributed by atoms with Crippen LogP contribution in [0.2, 0.25) is 0 Å². The van der Waals surface area contributed by atoms with Crippen molar-refractivity contribution in [3.8, 4) is 0 Å². The molecule has 0 atom stereocenters. The van der Waals surface area contributed by atoms with E-state index < -0.39 is 0 Å². The van der Waals surface area contributed by atoms with Crippen molar-refractivity contribution in [1.82, 2.24) is 9.97 Å². The lowest BCUT2D eigenvalue weighted by Crippen LogP contribution is -2.31. The summed E-state index contributed by atoms with van der Waals surface area (Å²) in [5, 5.41) is 4.48. The summed E-state index contributed by atoms with van der Waals surface area (Å²) in [5.41, 5.74) is 4.81. The van der Waals surface area contributed by atoms with Crippen LogP contribution in [0.15, 0.2) is 71.8 Å². The molecule has 7 heteroatoms. The van der Waals surface area contributed by atoms with Crippen molar-refractivity contribution in [2.75, 3.05) is 22.5 Å². The molecule has 2 heterocycles. The topological polar surface area (TPSA) is 58.1 Å². The molecule has 1 N–H and O–H groups in total. The number of rotatable bonds is 5. The van der Waals surface area contributed by atoms with Crippen molar-refractivity contribution in [3.63, 3.8) is 0 Å². The van der Waals surface area contributed by atoms with E-state index in [1.54, 1.807) is 6.07 Å². The van der Waals surface area contributed by atoms with Crippen LogP contribution in [0.1, 0.15) is 16.7 Å². The van der Waals surface area contributed by atoms with Gasteiger partial charge in [-0.25, -0.2) is 14.4 Å². The van der Waals surface area contributed by atoms with E-state index in [0.717, 1.165) is 41.0 Å². The minimum Gasteiger partial charge on any atom is -0.336 e. The van der Waals surface area contributed by atoms with Gasteiger partial charge in [-0.3, -0.25) is 4.79 Å². The molecule has 33 heavy (non-hydrogen) atoms. The Morgan fingerprint density at radius 1 is 1.06 bits per heavy atom. The Morgan fingerprint density at radius 2 is 1.85 bits per heavy atom. The molecular weight excluding hydrogens is 435 g/mol. The number of aryl methyl sites for hydroxylation is 1. The highest BCUT2D eigenvalue weighted by atomic mass is 32.2. The maximum absolute atomic E-state index is 13.6. The summed E-state index contributed by atoms with van der Waals surface area (Å²) in [6, 6.07) is 20.7. The van der Waals surface area contributed by atoms with Crippen LogP contribution in [0, 0.1) is 12.7 Å². The largest absolute Gasteiger partial charge is 0.336 e. The average molecular weight is 459 g/mol. The van der Waals surface area contributed by atoms with Crippen LogP contribution in [0.3, 0.4) is 0 Å². The molecule has 5 nitrogen and oxygen atoms in total. The first-order valence-electron chi connectivity index (χ1n) is 10.8. The zero-order valence-electron chi connectivity index (χ0n) is 18.2. The van der Waals surface area contributed by atoms with Gasteiger partial charge in [-0.15, -0.1) is 0 Å². The number of halogens is 1. The number of fused-ring (bicyclic) bond motifs is 2. The smallest absolute Gasteiger partial charge is 0.234 e. The van der Waals surface area contributed by atoms with Gasteiger partial charge in [-0.1, -0.05) is 60.3 Å². The van der Waals surface area contributed by atoms with E-state index >= 15 is 0 Å². The SMILES string of the molecule is Cc1ccc(F)cc1NC(=O)CSc1nc(N2CCc3ccccc3C2)nc2ccccc12. The predicted octanol–water partition coefficient (Wildman–Crippen LogP) is 5.37. The molecule has 166 valence electrons. The molecular formula is C26H23FN4OS. The van der Waals surface area contributed by atoms with Gasteiger partial charge in [0.2, 0.25) is 11.9 Å². The van der Waals surface area contributed by atoms with Crippen molar-refractivity contribution >= 4 is 40.2 Å². The van der Waals surface area contributed by atoms with Crippen LogP contribution in [-0.2, 0) is 17.8 Å². The quantitative estimate of drug-likeness (QED) is 0.322. The summed E-state index contributed by atoms with van der Waals surface area (Å²) in [5.74, 6) is 0.259. The molecule has 0 fully saturated rings. The lowest BCUT2D eigenvalue weighted by atomic mass is 10.0. The Kier molecular flexibility index (Phi) is 5.96. The van der Waals surface area contributed by atoms with Crippen LogP contribution in [0.25, 0.3) is 10.9 Å². The number of para-hydroxylation sites is 1. The summed E-state index contributed by atoms with van der Waals surface area (Å²) in [6.45, 7) is 3.44. The molecule has 0 bridgehead atoms. The number of benzene rings is 3. The average Bonchev–Trinajstić information content (AvgIpc) is 2.84. The molecule has 1 aliphatic rings. The van der Waals surface area contributed by atoms with Gasteiger partial charge in [0, 0.05) is 24.2 Å². The molecule has 3 aromatic carbocycles. The normalized spacial score (nSPS) is 13.1. The highest BCUT2D eigenvalue weighted by Crippen LogP contribution is 2.30. The molecule has 1 aliphatic heterocycles. The Balaban J connectivity index is 1.37. The first-order valence-corrected chi connectivity index (χ1v) is 11.8. The highest BCUT2D eigenvalue weighted by molar-refractivity contribution is 8.00. The zero-order valence-corrected chi connectivity index (χ0v) is 19.0. The maximum Gasteiger partial charge on any atom is 0.234 e. The summed E-state index contributed by atoms with van der Waals surface area (Å²) in [6.07, 6.45) is 0.949. The number of carbonyl (C=O) groups is 1. The minimum atomic E-state index is -0.377. The second kappa shape index (κ2) is 9.19. The van der Waals surface area contributed by atoms with E-state index in [-0.39, 0.29) is 17.5 Å². The fourth-order valence-electron chi connectivity index (χ4n) is 4.00. The number of amides is 1. The number of thioether (sulfide) groups is 1. The summed E-state index contributed by atoms with van der Waals surface area (Å²) in [7, 11) is 0. The molecule has 1 aromatic heterocycles. The van der Waals surface area contributed by atoms with E-state index in [4.69, 9.17) is 9.97 Å². The molecule has 0 aliphatic carbocycles. The standard InChI is InChI=1S/C26H23FN4OS/c1-17-10-11-20(27)14-23(17)28-24(32)16-33-25-21-8-4-5-9-22(21)29-26(30-25)31-13-12-18-6-2-3-7-19(18)15-31/h2-11,14H,12-13,15-16H2,1H3,(H,28,32). The fraction of sp³-hybridized carbons (Fsp3) is 0.192. The third-order valence-electron chi connectivity index (χ3n) is 5.78. The number of anilines is 2. The van der Waals surface area contributed by atoms with E-state index in [1.807, 2.05) is 31.2 Å². The van der Waals surface area contributed by atoms with Crippen molar-refractivity contribution in [1.29, 1.82) is 0 Å². The van der Waals surface area contributed by atoms with Crippen LogP contribution in [0.5, 0.6) is 0 Å². The van der Waals surface area contributed by atoms with E-state index in [1.165, 1.54) is 35.0 Å². The summed E-state index contributed by atoms with van der Waals surface area (Å²) >= 11 is 1.37. The predicted molar refractivity (Wildman–Crippen MR) is 131 cm³/mol. The van der Waals surface area contributed by atoms with Crippen molar-refractivity contribution in [3.05, 3.63) is 89.2 Å². The molecule has 0 saturated heterocycles. The second-order valence-corrected chi connectivity index (χ2v) is 9.05. The zero-order chi connectivity index (χ0) is 22.8. The number of hydrogen-bond donors (Lipinski definition) is 1. The molecule has 5 rings (SSSR count). The van der Waals surface area contributed by atoms with Gasteiger partial charge in [0.25, 0.3) is 0 Å². The molecule has 0 radical (unpaired) electrons. The Bertz CT molecular complexity index is 1340. The van der Waals surface area contributed by atoms with Gasteiger partial charge in [0.05, 0.1) is 11.3 Å². The third kappa shape index (κ3) is 4.68. The molecule has 0 unspecified atom stereocenters. The van der Waals surface area contributed by atoms with Crippen LogP contribution in [-0.4, -0.2) is 28.2 Å². The van der Waals surface area contributed by atoms with Crippen LogP contribution >= 0.6 is 11.8 Å². The molecule has 4 aromatic rings. The van der Waals surface area contributed by atoms with Gasteiger partial charge < -0.3 is 10.2 Å².